The topological polar surface area (TPSA) is 60.2 Å². The van der Waals surface area contributed by atoms with E-state index in [0.29, 0.717) is 17.5 Å². The van der Waals surface area contributed by atoms with Crippen LogP contribution in [0.1, 0.15) is 30.9 Å². The summed E-state index contributed by atoms with van der Waals surface area (Å²) >= 11 is 0. The van der Waals surface area contributed by atoms with Gasteiger partial charge in [0.1, 0.15) is 5.82 Å². The number of hydrogen-bond acceptors (Lipinski definition) is 3. The fourth-order valence-corrected chi connectivity index (χ4v) is 3.16. The lowest BCUT2D eigenvalue weighted by molar-refractivity contribution is 0.591. The molecule has 0 radical (unpaired) electrons. The monoisotopic (exact) mass is 259 g/mol. The molecule has 0 saturated heterocycles. The zero-order valence-corrected chi connectivity index (χ0v) is 10.8. The summed E-state index contributed by atoms with van der Waals surface area (Å²) in [6.45, 7) is 2.14. The molecule has 17 heavy (non-hydrogen) atoms. The summed E-state index contributed by atoms with van der Waals surface area (Å²) in [5.41, 5.74) is 6.51. The lowest BCUT2D eigenvalue weighted by Crippen LogP contribution is -2.10. The van der Waals surface area contributed by atoms with E-state index in [0.717, 1.165) is 6.42 Å². The lowest BCUT2D eigenvalue weighted by Gasteiger charge is -2.06. The highest BCUT2D eigenvalue weighted by molar-refractivity contribution is 7.90. The van der Waals surface area contributed by atoms with Crippen LogP contribution >= 0.6 is 0 Å². The third-order valence-corrected chi connectivity index (χ3v) is 4.13. The van der Waals surface area contributed by atoms with Gasteiger partial charge in [0, 0.05) is 6.54 Å². The van der Waals surface area contributed by atoms with Crippen molar-refractivity contribution in [3.8, 4) is 0 Å². The Morgan fingerprint density at radius 3 is 2.47 bits per heavy atom. The van der Waals surface area contributed by atoms with Gasteiger partial charge in [0.25, 0.3) is 0 Å². The highest BCUT2D eigenvalue weighted by Crippen LogP contribution is 2.13. The Bertz CT molecular complexity index is 471. The molecule has 0 saturated carbocycles. The smallest absolute Gasteiger partial charge is 0.154 e. The van der Waals surface area contributed by atoms with Gasteiger partial charge < -0.3 is 5.73 Å². The number of nitrogens with two attached hydrogens (primary N) is 1. The predicted molar refractivity (Wildman–Crippen MR) is 66.7 cm³/mol. The van der Waals surface area contributed by atoms with E-state index in [4.69, 9.17) is 5.73 Å². The van der Waals surface area contributed by atoms with Crippen LogP contribution in [0.15, 0.2) is 18.2 Å². The van der Waals surface area contributed by atoms with E-state index in [9.17, 15) is 12.8 Å². The van der Waals surface area contributed by atoms with Crippen LogP contribution in [0.4, 0.5) is 4.39 Å². The van der Waals surface area contributed by atoms with Crippen molar-refractivity contribution in [3.63, 3.8) is 0 Å². The maximum Gasteiger partial charge on any atom is 0.154 e. The Morgan fingerprint density at radius 1 is 1.24 bits per heavy atom. The van der Waals surface area contributed by atoms with Crippen molar-refractivity contribution in [2.75, 3.05) is 5.75 Å². The standard InChI is InChI=1S/C12H18FNO2S/c1-2-3-4-17(15,16)9-11-5-10(8-14)6-12(13)7-11/h5-7H,2-4,8-9,14H2,1H3. The van der Waals surface area contributed by atoms with Gasteiger partial charge in [-0.2, -0.15) is 0 Å². The number of benzene rings is 1. The third kappa shape index (κ3) is 4.83. The third-order valence-electron chi connectivity index (χ3n) is 2.45. The van der Waals surface area contributed by atoms with Crippen molar-refractivity contribution >= 4 is 9.84 Å². The molecule has 1 aromatic carbocycles. The van der Waals surface area contributed by atoms with E-state index >= 15 is 0 Å². The van der Waals surface area contributed by atoms with E-state index in [1.807, 2.05) is 6.92 Å². The molecule has 5 heteroatoms. The molecule has 0 unspecified atom stereocenters. The van der Waals surface area contributed by atoms with Crippen LogP contribution < -0.4 is 5.73 Å². The van der Waals surface area contributed by atoms with Crippen LogP contribution in [0, 0.1) is 5.82 Å². The molecular formula is C12H18FNO2S. The normalized spacial score (nSPS) is 11.7. The summed E-state index contributed by atoms with van der Waals surface area (Å²) in [4.78, 5) is 0. The second-order valence-electron chi connectivity index (χ2n) is 4.12. The van der Waals surface area contributed by atoms with Crippen LogP contribution in [0.5, 0.6) is 0 Å². The van der Waals surface area contributed by atoms with Gasteiger partial charge in [0.2, 0.25) is 0 Å². The zero-order valence-electron chi connectivity index (χ0n) is 9.95. The maximum atomic E-state index is 13.2. The molecule has 0 aliphatic heterocycles. The number of sulfone groups is 1. The Labute approximate surface area is 102 Å². The van der Waals surface area contributed by atoms with E-state index in [2.05, 4.69) is 0 Å². The number of rotatable bonds is 6. The van der Waals surface area contributed by atoms with Gasteiger partial charge in [-0.05, 0) is 29.7 Å². The van der Waals surface area contributed by atoms with Crippen LogP contribution in [0.2, 0.25) is 0 Å². The van der Waals surface area contributed by atoms with Crippen LogP contribution in [-0.2, 0) is 22.1 Å². The van der Waals surface area contributed by atoms with Crippen molar-refractivity contribution in [1.82, 2.24) is 0 Å². The molecule has 0 heterocycles. The van der Waals surface area contributed by atoms with Gasteiger partial charge in [-0.15, -0.1) is 0 Å². The van der Waals surface area contributed by atoms with Crippen molar-refractivity contribution < 1.29 is 12.8 Å². The first-order chi connectivity index (χ1) is 7.96. The highest BCUT2D eigenvalue weighted by atomic mass is 32.2. The summed E-state index contributed by atoms with van der Waals surface area (Å²) in [6, 6.07) is 4.22. The number of halogens is 1. The Hall–Kier alpha value is -0.940. The van der Waals surface area contributed by atoms with Gasteiger partial charge in [-0.3, -0.25) is 0 Å². The fraction of sp³-hybridized carbons (Fsp3) is 0.500. The Kier molecular flexibility index (Phi) is 5.08. The summed E-state index contributed by atoms with van der Waals surface area (Å²) in [5.74, 6) is -0.399. The predicted octanol–water partition coefficient (Wildman–Crippen LogP) is 2.00. The number of hydrogen-bond donors (Lipinski definition) is 1. The van der Waals surface area contributed by atoms with E-state index < -0.39 is 15.7 Å². The molecule has 2 N–H and O–H groups in total. The molecule has 0 aliphatic rings. The number of unbranched alkanes of at least 4 members (excludes halogenated alkanes) is 1. The summed E-state index contributed by atoms with van der Waals surface area (Å²) in [5, 5.41) is 0. The Morgan fingerprint density at radius 2 is 1.88 bits per heavy atom. The van der Waals surface area contributed by atoms with E-state index in [1.54, 1.807) is 6.07 Å². The van der Waals surface area contributed by atoms with Gasteiger partial charge in [0.15, 0.2) is 9.84 Å². The molecule has 0 atom stereocenters. The van der Waals surface area contributed by atoms with Crippen LogP contribution in [0.3, 0.4) is 0 Å². The molecular weight excluding hydrogens is 241 g/mol. The van der Waals surface area contributed by atoms with Crippen molar-refractivity contribution in [1.29, 1.82) is 0 Å². The second kappa shape index (κ2) is 6.12. The average Bonchev–Trinajstić information content (AvgIpc) is 2.25. The maximum absolute atomic E-state index is 13.2. The summed E-state index contributed by atoms with van der Waals surface area (Å²) in [7, 11) is -3.15. The zero-order chi connectivity index (χ0) is 12.9. The molecule has 0 bridgehead atoms. The van der Waals surface area contributed by atoms with Crippen molar-refractivity contribution in [2.45, 2.75) is 32.1 Å². The Balaban J connectivity index is 2.84. The van der Waals surface area contributed by atoms with Crippen molar-refractivity contribution in [3.05, 3.63) is 35.1 Å². The minimum Gasteiger partial charge on any atom is -0.326 e. The lowest BCUT2D eigenvalue weighted by atomic mass is 10.1. The van der Waals surface area contributed by atoms with Crippen LogP contribution in [0.25, 0.3) is 0 Å². The highest BCUT2D eigenvalue weighted by Gasteiger charge is 2.12. The molecule has 0 aliphatic carbocycles. The quantitative estimate of drug-likeness (QED) is 0.850. The first kappa shape index (κ1) is 14.1. The molecule has 3 nitrogen and oxygen atoms in total. The first-order valence-electron chi connectivity index (χ1n) is 5.65. The van der Waals surface area contributed by atoms with Gasteiger partial charge in [-0.1, -0.05) is 19.4 Å². The van der Waals surface area contributed by atoms with E-state index in [1.165, 1.54) is 12.1 Å². The van der Waals surface area contributed by atoms with Crippen molar-refractivity contribution in [2.24, 2.45) is 5.73 Å². The molecule has 0 spiro atoms. The molecule has 1 rings (SSSR count). The summed E-state index contributed by atoms with van der Waals surface area (Å²) < 4.78 is 36.6. The largest absolute Gasteiger partial charge is 0.326 e. The molecule has 0 amide bonds. The molecule has 0 aromatic heterocycles. The first-order valence-corrected chi connectivity index (χ1v) is 7.48. The molecule has 96 valence electrons. The minimum absolute atomic E-state index is 0.113. The fourth-order valence-electron chi connectivity index (χ4n) is 1.61. The SMILES string of the molecule is CCCCS(=O)(=O)Cc1cc(F)cc(CN)c1. The van der Waals surface area contributed by atoms with Gasteiger partial charge >= 0.3 is 0 Å². The van der Waals surface area contributed by atoms with E-state index in [-0.39, 0.29) is 18.1 Å². The summed E-state index contributed by atoms with van der Waals surface area (Å²) in [6.07, 6.45) is 1.47. The van der Waals surface area contributed by atoms with Gasteiger partial charge in [-0.25, -0.2) is 12.8 Å². The molecule has 0 fully saturated rings. The average molecular weight is 259 g/mol. The second-order valence-corrected chi connectivity index (χ2v) is 6.30. The molecule has 1 aromatic rings. The minimum atomic E-state index is -3.15. The van der Waals surface area contributed by atoms with Crippen LogP contribution in [-0.4, -0.2) is 14.2 Å². The van der Waals surface area contributed by atoms with Gasteiger partial charge in [0.05, 0.1) is 11.5 Å².